The van der Waals surface area contributed by atoms with Crippen molar-refractivity contribution in [1.29, 1.82) is 0 Å². The van der Waals surface area contributed by atoms with Gasteiger partial charge in [-0.05, 0) is 53.6 Å². The summed E-state index contributed by atoms with van der Waals surface area (Å²) in [6.07, 6.45) is 6.00. The van der Waals surface area contributed by atoms with Gasteiger partial charge in [-0.1, -0.05) is 18.2 Å². The van der Waals surface area contributed by atoms with Gasteiger partial charge in [-0.25, -0.2) is 9.37 Å². The Labute approximate surface area is 182 Å². The molecule has 150 valence electrons. The quantitative estimate of drug-likeness (QED) is 0.372. The molecule has 0 unspecified atom stereocenters. The number of nitrogens with one attached hydrogen (secondary N) is 1. The zero-order valence-corrected chi connectivity index (χ0v) is 17.5. The van der Waals surface area contributed by atoms with Crippen LogP contribution >= 0.6 is 23.1 Å². The third-order valence-electron chi connectivity index (χ3n) is 4.31. The van der Waals surface area contributed by atoms with Crippen LogP contribution in [0.1, 0.15) is 26.4 Å². The number of nitrogens with zero attached hydrogens (tertiary/aromatic N) is 2. The molecule has 2 aromatic heterocycles. The van der Waals surface area contributed by atoms with Crippen molar-refractivity contribution < 1.29 is 9.18 Å². The molecule has 4 aromatic rings. The number of thioether (sulfide) groups is 1. The second-order valence-corrected chi connectivity index (χ2v) is 8.73. The standard InChI is InChI=1S/C23H18FN3OS2/c24-19-7-3-16(4-8-19)12-21-14-26-23(30-21)27-22(28)18-5-9-20(10-6-18)29-15-17-2-1-11-25-13-17/h1-11,13-14H,12,15H2,(H,26,27,28). The van der Waals surface area contributed by atoms with Crippen LogP contribution in [0.3, 0.4) is 0 Å². The number of carbonyl (C=O) groups excluding carboxylic acids is 1. The van der Waals surface area contributed by atoms with Crippen LogP contribution in [0.15, 0.2) is 84.1 Å². The lowest BCUT2D eigenvalue weighted by atomic mass is 10.1. The number of aromatic nitrogens is 2. The van der Waals surface area contributed by atoms with Gasteiger partial charge in [0.15, 0.2) is 5.13 Å². The van der Waals surface area contributed by atoms with Crippen molar-refractivity contribution in [2.24, 2.45) is 0 Å². The largest absolute Gasteiger partial charge is 0.298 e. The highest BCUT2D eigenvalue weighted by Gasteiger charge is 2.10. The Balaban J connectivity index is 1.32. The minimum atomic E-state index is -0.252. The number of halogens is 1. The zero-order chi connectivity index (χ0) is 20.8. The van der Waals surface area contributed by atoms with Gasteiger partial charge in [0.1, 0.15) is 5.82 Å². The van der Waals surface area contributed by atoms with Gasteiger partial charge >= 0.3 is 0 Å². The molecule has 0 atom stereocenters. The van der Waals surface area contributed by atoms with Gasteiger partial charge < -0.3 is 0 Å². The van der Waals surface area contributed by atoms with Gasteiger partial charge in [0.05, 0.1) is 0 Å². The fraction of sp³-hybridized carbons (Fsp3) is 0.0870. The zero-order valence-electron chi connectivity index (χ0n) is 15.9. The highest BCUT2D eigenvalue weighted by atomic mass is 32.2. The van der Waals surface area contributed by atoms with Crippen molar-refractivity contribution in [2.75, 3.05) is 5.32 Å². The predicted octanol–water partition coefficient (Wildman–Crippen LogP) is 5.81. The summed E-state index contributed by atoms with van der Waals surface area (Å²) in [6, 6.07) is 17.9. The monoisotopic (exact) mass is 435 g/mol. The first-order valence-electron chi connectivity index (χ1n) is 9.28. The molecule has 1 N–H and O–H groups in total. The summed E-state index contributed by atoms with van der Waals surface area (Å²) in [5, 5.41) is 3.39. The highest BCUT2D eigenvalue weighted by molar-refractivity contribution is 7.98. The van der Waals surface area contributed by atoms with Crippen molar-refractivity contribution in [3.8, 4) is 0 Å². The maximum absolute atomic E-state index is 13.0. The van der Waals surface area contributed by atoms with Gasteiger partial charge in [0.2, 0.25) is 0 Å². The maximum Gasteiger partial charge on any atom is 0.257 e. The molecular weight excluding hydrogens is 417 g/mol. The van der Waals surface area contributed by atoms with Crippen LogP contribution < -0.4 is 5.32 Å². The summed E-state index contributed by atoms with van der Waals surface area (Å²) in [7, 11) is 0. The van der Waals surface area contributed by atoms with Crippen molar-refractivity contribution >= 4 is 34.1 Å². The van der Waals surface area contributed by atoms with Crippen LogP contribution in [0.2, 0.25) is 0 Å². The lowest BCUT2D eigenvalue weighted by molar-refractivity contribution is 0.102. The molecule has 1 amide bonds. The number of amides is 1. The second-order valence-electron chi connectivity index (χ2n) is 6.56. The minimum absolute atomic E-state index is 0.193. The minimum Gasteiger partial charge on any atom is -0.298 e. The highest BCUT2D eigenvalue weighted by Crippen LogP contribution is 2.24. The van der Waals surface area contributed by atoms with Crippen LogP contribution in [-0.4, -0.2) is 15.9 Å². The lowest BCUT2D eigenvalue weighted by Gasteiger charge is -2.04. The summed E-state index contributed by atoms with van der Waals surface area (Å²) in [5.41, 5.74) is 2.73. The van der Waals surface area contributed by atoms with Crippen molar-refractivity contribution in [1.82, 2.24) is 9.97 Å². The molecule has 0 radical (unpaired) electrons. The van der Waals surface area contributed by atoms with E-state index in [-0.39, 0.29) is 11.7 Å². The Hall–Kier alpha value is -3.03. The average molecular weight is 436 g/mol. The van der Waals surface area contributed by atoms with E-state index in [1.165, 1.54) is 23.5 Å². The fourth-order valence-corrected chi connectivity index (χ4v) is 4.45. The molecule has 2 aromatic carbocycles. The molecule has 0 aliphatic rings. The van der Waals surface area contributed by atoms with Crippen molar-refractivity contribution in [3.05, 3.63) is 107 Å². The second kappa shape index (κ2) is 9.65. The van der Waals surface area contributed by atoms with E-state index in [1.807, 2.05) is 42.6 Å². The summed E-state index contributed by atoms with van der Waals surface area (Å²) >= 11 is 3.11. The molecule has 30 heavy (non-hydrogen) atoms. The molecule has 0 aliphatic carbocycles. The van der Waals surface area contributed by atoms with Crippen LogP contribution in [0.25, 0.3) is 0 Å². The summed E-state index contributed by atoms with van der Waals surface area (Å²) < 4.78 is 13.0. The van der Waals surface area contributed by atoms with Gasteiger partial charge in [0.25, 0.3) is 5.91 Å². The fourth-order valence-electron chi connectivity index (χ4n) is 2.77. The number of rotatable bonds is 7. The van der Waals surface area contributed by atoms with E-state index in [2.05, 4.69) is 15.3 Å². The Kier molecular flexibility index (Phi) is 6.51. The smallest absolute Gasteiger partial charge is 0.257 e. The first-order valence-corrected chi connectivity index (χ1v) is 11.1. The van der Waals surface area contributed by atoms with E-state index in [0.717, 1.165) is 26.7 Å². The summed E-state index contributed by atoms with van der Waals surface area (Å²) in [5.74, 6) is 0.383. The van der Waals surface area contributed by atoms with Crippen molar-refractivity contribution in [3.63, 3.8) is 0 Å². The first kappa shape index (κ1) is 20.3. The number of benzene rings is 2. The average Bonchev–Trinajstić information content (AvgIpc) is 3.21. The third kappa shape index (κ3) is 5.52. The summed E-state index contributed by atoms with van der Waals surface area (Å²) in [4.78, 5) is 23.0. The topological polar surface area (TPSA) is 54.9 Å². The van der Waals surface area contributed by atoms with Gasteiger partial charge in [0, 0.05) is 46.1 Å². The number of carbonyl (C=O) groups is 1. The molecule has 4 rings (SSSR count). The molecule has 2 heterocycles. The van der Waals surface area contributed by atoms with Gasteiger partial charge in [-0.3, -0.25) is 15.1 Å². The molecular formula is C23H18FN3OS2. The molecule has 0 spiro atoms. The molecule has 0 aliphatic heterocycles. The number of thiazole rings is 1. The van der Waals surface area contributed by atoms with E-state index in [4.69, 9.17) is 0 Å². The first-order chi connectivity index (χ1) is 14.7. The predicted molar refractivity (Wildman–Crippen MR) is 120 cm³/mol. The Morgan fingerprint density at radius 2 is 1.80 bits per heavy atom. The third-order valence-corrected chi connectivity index (χ3v) is 6.31. The number of hydrogen-bond donors (Lipinski definition) is 1. The van der Waals surface area contributed by atoms with E-state index >= 15 is 0 Å². The van der Waals surface area contributed by atoms with Crippen LogP contribution in [0.4, 0.5) is 9.52 Å². The number of hydrogen-bond acceptors (Lipinski definition) is 5. The van der Waals surface area contributed by atoms with E-state index in [0.29, 0.717) is 17.1 Å². The molecule has 0 bridgehead atoms. The Bertz CT molecular complexity index is 1110. The number of anilines is 1. The van der Waals surface area contributed by atoms with E-state index in [9.17, 15) is 9.18 Å². The van der Waals surface area contributed by atoms with Gasteiger partial charge in [-0.2, -0.15) is 0 Å². The van der Waals surface area contributed by atoms with Crippen LogP contribution in [0.5, 0.6) is 0 Å². The normalized spacial score (nSPS) is 10.7. The van der Waals surface area contributed by atoms with E-state index in [1.54, 1.807) is 36.3 Å². The molecule has 0 saturated heterocycles. The lowest BCUT2D eigenvalue weighted by Crippen LogP contribution is -2.11. The van der Waals surface area contributed by atoms with Crippen LogP contribution in [0, 0.1) is 5.82 Å². The summed E-state index contributed by atoms with van der Waals surface area (Å²) in [6.45, 7) is 0. The van der Waals surface area contributed by atoms with Crippen molar-refractivity contribution in [2.45, 2.75) is 17.1 Å². The maximum atomic E-state index is 13.0. The number of pyridine rings is 1. The molecule has 0 fully saturated rings. The Morgan fingerprint density at radius 3 is 2.53 bits per heavy atom. The SMILES string of the molecule is O=C(Nc1ncc(Cc2ccc(F)cc2)s1)c1ccc(SCc2cccnc2)cc1. The Morgan fingerprint density at radius 1 is 1.00 bits per heavy atom. The van der Waals surface area contributed by atoms with E-state index < -0.39 is 0 Å². The van der Waals surface area contributed by atoms with Crippen LogP contribution in [-0.2, 0) is 12.2 Å². The molecule has 7 heteroatoms. The molecule has 4 nitrogen and oxygen atoms in total. The molecule has 0 saturated carbocycles. The van der Waals surface area contributed by atoms with Gasteiger partial charge in [-0.15, -0.1) is 23.1 Å².